The van der Waals surface area contributed by atoms with E-state index in [-0.39, 0.29) is 5.91 Å². The maximum atomic E-state index is 12.2. The molecule has 0 fully saturated rings. The zero-order valence-corrected chi connectivity index (χ0v) is 13.6. The molecule has 0 radical (unpaired) electrons. The van der Waals surface area contributed by atoms with Crippen molar-refractivity contribution in [3.63, 3.8) is 0 Å². The number of carbonyl (C=O) groups excluding carboxylic acids is 1. The van der Waals surface area contributed by atoms with Gasteiger partial charge < -0.3 is 5.32 Å². The third-order valence-corrected chi connectivity index (χ3v) is 4.06. The van der Waals surface area contributed by atoms with Gasteiger partial charge in [0, 0.05) is 15.1 Å². The third-order valence-electron chi connectivity index (χ3n) is 2.51. The van der Waals surface area contributed by atoms with E-state index in [4.69, 9.17) is 11.6 Å². The Kier molecular flexibility index (Phi) is 5.61. The zero-order valence-electron chi connectivity index (χ0n) is 10.4. The van der Waals surface area contributed by atoms with Gasteiger partial charge in [0.1, 0.15) is 0 Å². The van der Waals surface area contributed by atoms with Crippen LogP contribution in [0.5, 0.6) is 0 Å². The number of benzene rings is 2. The van der Waals surface area contributed by atoms with Gasteiger partial charge in [-0.15, -0.1) is 0 Å². The van der Waals surface area contributed by atoms with Crippen LogP contribution in [0, 0.1) is 0 Å². The molecule has 1 amide bonds. The van der Waals surface area contributed by atoms with Crippen molar-refractivity contribution in [3.8, 4) is 0 Å². The summed E-state index contributed by atoms with van der Waals surface area (Å²) in [6, 6.07) is 11.1. The van der Waals surface area contributed by atoms with Crippen LogP contribution in [0.4, 0.5) is 14.5 Å². The zero-order chi connectivity index (χ0) is 15.4. The van der Waals surface area contributed by atoms with Gasteiger partial charge in [0.2, 0.25) is 0 Å². The molecule has 1 N–H and O–H groups in total. The maximum Gasteiger partial charge on any atom is 0.288 e. The highest BCUT2D eigenvalue weighted by Gasteiger charge is 2.11. The number of carbonyl (C=O) groups is 1. The van der Waals surface area contributed by atoms with Crippen LogP contribution >= 0.6 is 39.3 Å². The van der Waals surface area contributed by atoms with Crippen molar-refractivity contribution in [1.82, 2.24) is 0 Å². The van der Waals surface area contributed by atoms with Crippen LogP contribution in [0.25, 0.3) is 0 Å². The van der Waals surface area contributed by atoms with Crippen LogP contribution in [0.3, 0.4) is 0 Å². The molecule has 2 nitrogen and oxygen atoms in total. The molecular weight excluding hydrogens is 384 g/mol. The minimum atomic E-state index is -2.47. The van der Waals surface area contributed by atoms with Crippen molar-refractivity contribution in [1.29, 1.82) is 0 Å². The molecule has 2 rings (SSSR count). The van der Waals surface area contributed by atoms with Gasteiger partial charge >= 0.3 is 0 Å². The molecule has 0 saturated carbocycles. The lowest BCUT2D eigenvalue weighted by Gasteiger charge is -2.08. The highest BCUT2D eigenvalue weighted by Crippen LogP contribution is 2.27. The highest BCUT2D eigenvalue weighted by atomic mass is 79.9. The van der Waals surface area contributed by atoms with E-state index in [9.17, 15) is 13.6 Å². The number of thioether (sulfide) groups is 1. The molecule has 0 bridgehead atoms. The predicted molar refractivity (Wildman–Crippen MR) is 85.4 cm³/mol. The number of anilines is 1. The van der Waals surface area contributed by atoms with Crippen molar-refractivity contribution in [3.05, 3.63) is 57.5 Å². The molecule has 0 aliphatic rings. The van der Waals surface area contributed by atoms with Gasteiger partial charge in [0.15, 0.2) is 0 Å². The molecular formula is C14H9BrClF2NOS. The Morgan fingerprint density at radius 2 is 1.86 bits per heavy atom. The number of hydrogen-bond acceptors (Lipinski definition) is 2. The summed E-state index contributed by atoms with van der Waals surface area (Å²) in [7, 11) is 0. The van der Waals surface area contributed by atoms with Gasteiger partial charge in [0.25, 0.3) is 11.7 Å². The Hall–Kier alpha value is -1.11. The van der Waals surface area contributed by atoms with Crippen LogP contribution in [0.2, 0.25) is 5.02 Å². The van der Waals surface area contributed by atoms with Crippen LogP contribution in [-0.2, 0) is 0 Å². The summed E-state index contributed by atoms with van der Waals surface area (Å²) in [6.07, 6.45) is 0. The second-order valence-electron chi connectivity index (χ2n) is 3.98. The summed E-state index contributed by atoms with van der Waals surface area (Å²) < 4.78 is 25.2. The first kappa shape index (κ1) is 16.3. The average Bonchev–Trinajstić information content (AvgIpc) is 2.43. The van der Waals surface area contributed by atoms with E-state index in [1.54, 1.807) is 30.3 Å². The third kappa shape index (κ3) is 4.69. The van der Waals surface area contributed by atoms with E-state index in [1.807, 2.05) is 0 Å². The summed E-state index contributed by atoms with van der Waals surface area (Å²) in [4.78, 5) is 12.5. The van der Waals surface area contributed by atoms with Crippen LogP contribution in [0.15, 0.2) is 51.8 Å². The fourth-order valence-electron chi connectivity index (χ4n) is 1.59. The minimum Gasteiger partial charge on any atom is -0.322 e. The van der Waals surface area contributed by atoms with E-state index in [1.165, 1.54) is 12.1 Å². The maximum absolute atomic E-state index is 12.2. The molecule has 21 heavy (non-hydrogen) atoms. The second-order valence-corrected chi connectivity index (χ2v) is 6.37. The summed E-state index contributed by atoms with van der Waals surface area (Å²) in [6.45, 7) is 0. The molecule has 0 aliphatic carbocycles. The Bertz CT molecular complexity index is 652. The summed E-state index contributed by atoms with van der Waals surface area (Å²) in [5.74, 6) is -2.83. The Balaban J connectivity index is 2.10. The number of rotatable bonds is 4. The van der Waals surface area contributed by atoms with Gasteiger partial charge in [-0.3, -0.25) is 4.79 Å². The monoisotopic (exact) mass is 391 g/mol. The predicted octanol–water partition coefficient (Wildman–Crippen LogP) is 5.67. The summed E-state index contributed by atoms with van der Waals surface area (Å²) in [5.41, 5.74) is 0.840. The molecule has 2 aromatic rings. The fourth-order valence-corrected chi connectivity index (χ4v) is 2.65. The van der Waals surface area contributed by atoms with E-state index in [0.717, 1.165) is 4.47 Å². The van der Waals surface area contributed by atoms with E-state index < -0.39 is 5.76 Å². The van der Waals surface area contributed by atoms with Gasteiger partial charge in [-0.2, -0.15) is 8.78 Å². The lowest BCUT2D eigenvalue weighted by atomic mass is 10.2. The number of halogens is 4. The number of hydrogen-bond donors (Lipinski definition) is 1. The topological polar surface area (TPSA) is 29.1 Å². The largest absolute Gasteiger partial charge is 0.322 e. The lowest BCUT2D eigenvalue weighted by molar-refractivity contribution is 0.102. The molecule has 0 saturated heterocycles. The summed E-state index contributed by atoms with van der Waals surface area (Å²) in [5, 5.41) is 3.00. The fraction of sp³-hybridized carbons (Fsp3) is 0.0714. The normalized spacial score (nSPS) is 10.7. The molecule has 0 unspecified atom stereocenters. The van der Waals surface area contributed by atoms with Crippen molar-refractivity contribution < 1.29 is 13.6 Å². The number of amides is 1. The molecule has 7 heteroatoms. The second kappa shape index (κ2) is 7.24. The van der Waals surface area contributed by atoms with Gasteiger partial charge in [-0.1, -0.05) is 39.3 Å². The SMILES string of the molecule is O=C(Nc1ccc(SC(F)F)cc1)c1cc(Br)ccc1Cl. The molecule has 0 aliphatic heterocycles. The minimum absolute atomic E-state index is 0.331. The van der Waals surface area contributed by atoms with E-state index in [0.29, 0.717) is 32.9 Å². The number of alkyl halides is 2. The quantitative estimate of drug-likeness (QED) is 0.679. The number of nitrogens with one attached hydrogen (secondary N) is 1. The van der Waals surface area contributed by atoms with E-state index >= 15 is 0 Å². The van der Waals surface area contributed by atoms with Crippen molar-refractivity contribution in [2.24, 2.45) is 0 Å². The van der Waals surface area contributed by atoms with Crippen molar-refractivity contribution >= 4 is 50.9 Å². The van der Waals surface area contributed by atoms with Gasteiger partial charge in [-0.25, -0.2) is 0 Å². The Morgan fingerprint density at radius 3 is 2.48 bits per heavy atom. The van der Waals surface area contributed by atoms with Crippen molar-refractivity contribution in [2.75, 3.05) is 5.32 Å². The standard InChI is InChI=1S/C14H9BrClF2NOS/c15-8-1-6-12(16)11(7-8)13(20)19-9-2-4-10(5-3-9)21-14(17)18/h1-7,14H,(H,19,20). The molecule has 0 atom stereocenters. The van der Waals surface area contributed by atoms with Crippen molar-refractivity contribution in [2.45, 2.75) is 10.7 Å². The Morgan fingerprint density at radius 1 is 1.19 bits per heavy atom. The highest BCUT2D eigenvalue weighted by molar-refractivity contribution is 9.10. The van der Waals surface area contributed by atoms with Crippen LogP contribution in [-0.4, -0.2) is 11.7 Å². The first-order valence-electron chi connectivity index (χ1n) is 5.77. The van der Waals surface area contributed by atoms with Crippen LogP contribution < -0.4 is 5.32 Å². The molecule has 110 valence electrons. The van der Waals surface area contributed by atoms with Gasteiger partial charge in [-0.05, 0) is 42.5 Å². The lowest BCUT2D eigenvalue weighted by Crippen LogP contribution is -2.12. The van der Waals surface area contributed by atoms with Gasteiger partial charge in [0.05, 0.1) is 10.6 Å². The van der Waals surface area contributed by atoms with E-state index in [2.05, 4.69) is 21.2 Å². The smallest absolute Gasteiger partial charge is 0.288 e. The van der Waals surface area contributed by atoms with Crippen LogP contribution in [0.1, 0.15) is 10.4 Å². The first-order valence-corrected chi connectivity index (χ1v) is 7.82. The molecule has 0 spiro atoms. The molecule has 2 aromatic carbocycles. The summed E-state index contributed by atoms with van der Waals surface area (Å²) >= 11 is 9.69. The Labute approximate surface area is 138 Å². The first-order chi connectivity index (χ1) is 9.95. The average molecular weight is 393 g/mol. The molecule has 0 heterocycles. The molecule has 0 aromatic heterocycles.